The molecule has 0 aromatic heterocycles. The van der Waals surface area contributed by atoms with Crippen molar-refractivity contribution in [3.05, 3.63) is 31.9 Å². The maximum atomic E-state index is 13.0. The van der Waals surface area contributed by atoms with Gasteiger partial charge in [-0.1, -0.05) is 0 Å². The summed E-state index contributed by atoms with van der Waals surface area (Å²) in [6.45, 7) is 2.61. The van der Waals surface area contributed by atoms with Gasteiger partial charge in [0.15, 0.2) is 5.69 Å². The molecule has 0 atom stereocenters. The second-order valence-electron chi connectivity index (χ2n) is 3.97. The lowest BCUT2D eigenvalue weighted by Gasteiger charge is -2.16. The second kappa shape index (κ2) is 6.45. The van der Waals surface area contributed by atoms with Gasteiger partial charge < -0.3 is 10.1 Å². The maximum Gasteiger partial charge on any atom is 0.420 e. The maximum absolute atomic E-state index is 13.0. The Bertz CT molecular complexity index is 604. The average molecular weight is 323 g/mol. The van der Waals surface area contributed by atoms with Crippen LogP contribution in [0.1, 0.15) is 19.4 Å². The van der Waals surface area contributed by atoms with Crippen LogP contribution in [0, 0.1) is 20.2 Å². The standard InChI is InChI=1S/C11H12F3N3O5/c1-3-15-8-7(16(18)19)5-6(11(12,13)14)10(22-4-2)9(8)17(20)21/h5,15H,3-4H2,1-2H3. The van der Waals surface area contributed by atoms with Gasteiger partial charge in [0, 0.05) is 12.6 Å². The highest BCUT2D eigenvalue weighted by molar-refractivity contribution is 5.80. The van der Waals surface area contributed by atoms with Crippen LogP contribution < -0.4 is 10.1 Å². The molecular weight excluding hydrogens is 311 g/mol. The fourth-order valence-electron chi connectivity index (χ4n) is 1.81. The summed E-state index contributed by atoms with van der Waals surface area (Å²) in [5.41, 5.74) is -4.32. The van der Waals surface area contributed by atoms with Gasteiger partial charge in [-0.05, 0) is 13.8 Å². The van der Waals surface area contributed by atoms with Crippen molar-refractivity contribution < 1.29 is 27.8 Å². The first-order valence-electron chi connectivity index (χ1n) is 6.08. The molecule has 0 spiro atoms. The van der Waals surface area contributed by atoms with Crippen molar-refractivity contribution in [3.63, 3.8) is 0 Å². The molecule has 0 saturated heterocycles. The molecule has 1 aromatic carbocycles. The monoisotopic (exact) mass is 323 g/mol. The molecule has 0 aliphatic heterocycles. The normalized spacial score (nSPS) is 11.1. The van der Waals surface area contributed by atoms with Gasteiger partial charge >= 0.3 is 11.9 Å². The van der Waals surface area contributed by atoms with Crippen LogP contribution in [0.15, 0.2) is 6.07 Å². The van der Waals surface area contributed by atoms with E-state index in [0.29, 0.717) is 0 Å². The minimum absolute atomic E-state index is 0.0403. The van der Waals surface area contributed by atoms with Crippen molar-refractivity contribution in [3.8, 4) is 5.75 Å². The van der Waals surface area contributed by atoms with E-state index in [1.54, 1.807) is 0 Å². The Morgan fingerprint density at radius 1 is 1.23 bits per heavy atom. The number of hydrogen-bond donors (Lipinski definition) is 1. The lowest BCUT2D eigenvalue weighted by Crippen LogP contribution is -2.14. The number of nitrogens with one attached hydrogen (secondary N) is 1. The van der Waals surface area contributed by atoms with E-state index in [2.05, 4.69) is 5.32 Å². The SMILES string of the molecule is CCNc1c([N+](=O)[O-])cc(C(F)(F)F)c(OCC)c1[N+](=O)[O-]. The summed E-state index contributed by atoms with van der Waals surface area (Å²) < 4.78 is 43.8. The van der Waals surface area contributed by atoms with Gasteiger partial charge in [0.1, 0.15) is 5.56 Å². The Balaban J connectivity index is 3.89. The average Bonchev–Trinajstić information content (AvgIpc) is 2.37. The fraction of sp³-hybridized carbons (Fsp3) is 0.455. The van der Waals surface area contributed by atoms with Crippen LogP contribution in [-0.4, -0.2) is 23.0 Å². The Morgan fingerprint density at radius 3 is 2.18 bits per heavy atom. The molecule has 0 fully saturated rings. The Morgan fingerprint density at radius 2 is 1.82 bits per heavy atom. The van der Waals surface area contributed by atoms with E-state index < -0.39 is 44.4 Å². The molecule has 0 unspecified atom stereocenters. The summed E-state index contributed by atoms with van der Waals surface area (Å²) in [7, 11) is 0. The zero-order valence-corrected chi connectivity index (χ0v) is 11.6. The van der Waals surface area contributed by atoms with Crippen molar-refractivity contribution in [1.29, 1.82) is 0 Å². The molecule has 122 valence electrons. The fourth-order valence-corrected chi connectivity index (χ4v) is 1.81. The highest BCUT2D eigenvalue weighted by Gasteiger charge is 2.43. The van der Waals surface area contributed by atoms with Gasteiger partial charge in [-0.3, -0.25) is 20.2 Å². The third-order valence-corrected chi connectivity index (χ3v) is 2.56. The van der Waals surface area contributed by atoms with E-state index in [4.69, 9.17) is 4.74 Å². The van der Waals surface area contributed by atoms with Crippen molar-refractivity contribution >= 4 is 17.1 Å². The van der Waals surface area contributed by atoms with Crippen LogP contribution in [0.3, 0.4) is 0 Å². The lowest BCUT2D eigenvalue weighted by atomic mass is 10.1. The smallest absolute Gasteiger partial charge is 0.420 e. The highest BCUT2D eigenvalue weighted by atomic mass is 19.4. The molecular formula is C11H12F3N3O5. The van der Waals surface area contributed by atoms with Crippen LogP contribution >= 0.6 is 0 Å². The number of nitro groups is 2. The Kier molecular flexibility index (Phi) is 5.12. The van der Waals surface area contributed by atoms with Gasteiger partial charge in [0.05, 0.1) is 16.5 Å². The number of halogens is 3. The summed E-state index contributed by atoms with van der Waals surface area (Å²) in [6.07, 6.45) is -5.04. The first-order valence-corrected chi connectivity index (χ1v) is 6.08. The van der Waals surface area contributed by atoms with E-state index in [9.17, 15) is 33.4 Å². The van der Waals surface area contributed by atoms with E-state index in [0.717, 1.165) is 0 Å². The van der Waals surface area contributed by atoms with E-state index in [1.165, 1.54) is 13.8 Å². The van der Waals surface area contributed by atoms with E-state index >= 15 is 0 Å². The number of ether oxygens (including phenoxy) is 1. The van der Waals surface area contributed by atoms with Gasteiger partial charge in [-0.2, -0.15) is 13.2 Å². The minimum Gasteiger partial charge on any atom is -0.487 e. The zero-order valence-electron chi connectivity index (χ0n) is 11.6. The number of anilines is 1. The number of rotatable bonds is 6. The van der Waals surface area contributed by atoms with Crippen molar-refractivity contribution in [2.24, 2.45) is 0 Å². The molecule has 0 heterocycles. The largest absolute Gasteiger partial charge is 0.487 e. The topological polar surface area (TPSA) is 108 Å². The summed E-state index contributed by atoms with van der Waals surface area (Å²) in [5, 5.41) is 24.5. The third kappa shape index (κ3) is 3.35. The molecule has 1 rings (SSSR count). The number of alkyl halides is 3. The van der Waals surface area contributed by atoms with Crippen molar-refractivity contribution in [2.75, 3.05) is 18.5 Å². The Labute approximate surface area is 122 Å². The first kappa shape index (κ1) is 17.5. The summed E-state index contributed by atoms with van der Waals surface area (Å²) in [4.78, 5) is 19.8. The lowest BCUT2D eigenvalue weighted by molar-refractivity contribution is -0.393. The summed E-state index contributed by atoms with van der Waals surface area (Å²) >= 11 is 0. The van der Waals surface area contributed by atoms with Crippen LogP contribution in [0.25, 0.3) is 0 Å². The third-order valence-electron chi connectivity index (χ3n) is 2.56. The van der Waals surface area contributed by atoms with Crippen LogP contribution in [-0.2, 0) is 6.18 Å². The van der Waals surface area contributed by atoms with Gasteiger partial charge in [-0.25, -0.2) is 0 Å². The van der Waals surface area contributed by atoms with Crippen LogP contribution in [0.4, 0.5) is 30.2 Å². The van der Waals surface area contributed by atoms with Gasteiger partial charge in [-0.15, -0.1) is 0 Å². The molecule has 0 bridgehead atoms. The highest BCUT2D eigenvalue weighted by Crippen LogP contribution is 2.49. The van der Waals surface area contributed by atoms with E-state index in [-0.39, 0.29) is 19.2 Å². The molecule has 8 nitrogen and oxygen atoms in total. The first-order chi connectivity index (χ1) is 10.1. The predicted molar refractivity (Wildman–Crippen MR) is 70.1 cm³/mol. The molecule has 0 saturated carbocycles. The molecule has 11 heteroatoms. The molecule has 22 heavy (non-hydrogen) atoms. The van der Waals surface area contributed by atoms with Crippen LogP contribution in [0.2, 0.25) is 0 Å². The van der Waals surface area contributed by atoms with E-state index in [1.807, 2.05) is 0 Å². The molecule has 0 radical (unpaired) electrons. The molecule has 0 aliphatic rings. The molecule has 0 amide bonds. The molecule has 1 aromatic rings. The van der Waals surface area contributed by atoms with Gasteiger partial charge in [0.25, 0.3) is 5.69 Å². The summed E-state index contributed by atoms with van der Waals surface area (Å²) in [5.74, 6) is -1.04. The van der Waals surface area contributed by atoms with Crippen molar-refractivity contribution in [1.82, 2.24) is 0 Å². The minimum atomic E-state index is -5.04. The predicted octanol–water partition coefficient (Wildman–Crippen LogP) is 3.35. The zero-order chi connectivity index (χ0) is 17.1. The quantitative estimate of drug-likeness (QED) is 0.635. The Hall–Kier alpha value is -2.59. The number of hydrogen-bond acceptors (Lipinski definition) is 6. The number of nitro benzene ring substituents is 2. The number of nitrogens with zero attached hydrogens (tertiary/aromatic N) is 2. The number of benzene rings is 1. The summed E-state index contributed by atoms with van der Waals surface area (Å²) in [6, 6.07) is 0.232. The van der Waals surface area contributed by atoms with Crippen LogP contribution in [0.5, 0.6) is 5.75 Å². The molecule has 0 aliphatic carbocycles. The van der Waals surface area contributed by atoms with Gasteiger partial charge in [0.2, 0.25) is 5.75 Å². The molecule has 1 N–H and O–H groups in total. The van der Waals surface area contributed by atoms with Crippen molar-refractivity contribution in [2.45, 2.75) is 20.0 Å². The second-order valence-corrected chi connectivity index (χ2v) is 3.97.